The van der Waals surface area contributed by atoms with Crippen LogP contribution in [0.3, 0.4) is 0 Å². The minimum Gasteiger partial charge on any atom is -0.756 e. The third-order valence-corrected chi connectivity index (χ3v) is 12.8. The van der Waals surface area contributed by atoms with E-state index in [-0.39, 0.29) is 26.1 Å². The van der Waals surface area contributed by atoms with Crippen LogP contribution in [0.25, 0.3) is 0 Å². The van der Waals surface area contributed by atoms with E-state index in [4.69, 9.17) is 18.5 Å². The summed E-state index contributed by atoms with van der Waals surface area (Å²) in [6, 6.07) is 0. The van der Waals surface area contributed by atoms with E-state index < -0.39 is 32.5 Å². The van der Waals surface area contributed by atoms with E-state index in [9.17, 15) is 19.0 Å². The molecular weight excluding hydrogens is 966 g/mol. The molecule has 0 aliphatic heterocycles. The standard InChI is InChI=1S/C66H108NO8P/c1-6-8-10-12-14-16-18-20-22-24-26-27-28-29-30-31-32-33-34-35-36-37-38-39-41-43-45-47-49-51-53-55-57-59-66(69)75-64(63-74-76(70,71)73-61-60-67(3,4)5)62-72-65(68)58-56-54-52-50-48-46-44-42-40-25-23-21-19-17-15-13-11-9-7-2/h8,10,14-17,20-23,26-27,29-30,32-33,35-36,38-39,43,45,49,51,64H,6-7,9,11-13,18-19,24-25,28,31,34,37,40-42,44,46-48,50,52-63H2,1-5H3/b10-8-,16-14-,17-15-,22-20-,23-21-,27-26-,30-29-,33-32-,36-35-,39-38-,45-43-,51-49-. The van der Waals surface area contributed by atoms with Crippen LogP contribution in [0.4, 0.5) is 0 Å². The first-order valence-electron chi connectivity index (χ1n) is 29.5. The Kier molecular flexibility index (Phi) is 52.6. The maximum Gasteiger partial charge on any atom is 0.306 e. The van der Waals surface area contributed by atoms with Gasteiger partial charge in [0.1, 0.15) is 19.8 Å². The lowest BCUT2D eigenvalue weighted by Gasteiger charge is -2.28. The molecule has 0 aliphatic rings. The maximum absolute atomic E-state index is 12.8. The molecule has 0 radical (unpaired) electrons. The molecule has 430 valence electrons. The van der Waals surface area contributed by atoms with Crippen LogP contribution in [0, 0.1) is 0 Å². The number of allylic oxidation sites excluding steroid dienone is 24. The lowest BCUT2D eigenvalue weighted by atomic mass is 10.1. The number of unbranched alkanes of at least 4 members (excludes halogenated alkanes) is 14. The second kappa shape index (κ2) is 55.6. The number of phosphoric acid groups is 1. The molecule has 10 heteroatoms. The van der Waals surface area contributed by atoms with Crippen molar-refractivity contribution < 1.29 is 42.1 Å². The van der Waals surface area contributed by atoms with Crippen molar-refractivity contribution in [1.29, 1.82) is 0 Å². The van der Waals surface area contributed by atoms with Crippen LogP contribution >= 0.6 is 7.82 Å². The molecule has 0 rings (SSSR count). The number of esters is 2. The monoisotopic (exact) mass is 1070 g/mol. The molecule has 0 aromatic carbocycles. The normalized spacial score (nSPS) is 14.3. The minimum absolute atomic E-state index is 0.0485. The zero-order valence-corrected chi connectivity index (χ0v) is 49.5. The van der Waals surface area contributed by atoms with Crippen molar-refractivity contribution in [2.24, 2.45) is 0 Å². The molecular formula is C66H108NO8P. The highest BCUT2D eigenvalue weighted by Crippen LogP contribution is 2.38. The Labute approximate surface area is 465 Å². The summed E-state index contributed by atoms with van der Waals surface area (Å²) in [5.41, 5.74) is 0. The number of carbonyl (C=O) groups is 2. The predicted molar refractivity (Wildman–Crippen MR) is 323 cm³/mol. The number of hydrogen-bond donors (Lipinski definition) is 0. The van der Waals surface area contributed by atoms with Crippen LogP contribution in [0.1, 0.15) is 206 Å². The molecule has 0 saturated heterocycles. The third-order valence-electron chi connectivity index (χ3n) is 11.8. The SMILES string of the molecule is CC/C=C\C/C=C\C/C=C\C/C=C\C/C=C\C/C=C\C/C=C\C/C=C\C/C=C\C/C=C\CCCCC(=O)OC(COC(=O)CCCCCCCCCCC/C=C\C/C=C\CCCCC)COP(=O)([O-])OCC[N+](C)(C)C. The van der Waals surface area contributed by atoms with Crippen molar-refractivity contribution in [2.75, 3.05) is 47.5 Å². The molecule has 0 aliphatic carbocycles. The summed E-state index contributed by atoms with van der Waals surface area (Å²) in [6.07, 6.45) is 81.8. The Bertz CT molecular complexity index is 1790. The van der Waals surface area contributed by atoms with Crippen molar-refractivity contribution in [2.45, 2.75) is 213 Å². The highest BCUT2D eigenvalue weighted by atomic mass is 31.2. The van der Waals surface area contributed by atoms with Crippen LogP contribution < -0.4 is 4.89 Å². The van der Waals surface area contributed by atoms with Crippen LogP contribution in [0.2, 0.25) is 0 Å². The fourth-order valence-corrected chi connectivity index (χ4v) is 8.03. The van der Waals surface area contributed by atoms with E-state index in [0.717, 1.165) is 109 Å². The molecule has 0 N–H and O–H groups in total. The van der Waals surface area contributed by atoms with Gasteiger partial charge in [0.25, 0.3) is 7.82 Å². The summed E-state index contributed by atoms with van der Waals surface area (Å²) < 4.78 is 34.1. The maximum atomic E-state index is 12.8. The molecule has 0 amide bonds. The second-order valence-electron chi connectivity index (χ2n) is 20.3. The third kappa shape index (κ3) is 59.1. The summed E-state index contributed by atoms with van der Waals surface area (Å²) >= 11 is 0. The zero-order valence-electron chi connectivity index (χ0n) is 48.6. The van der Waals surface area contributed by atoms with E-state index in [1.54, 1.807) is 0 Å². The zero-order chi connectivity index (χ0) is 55.6. The second-order valence-corrected chi connectivity index (χ2v) is 21.7. The Hall–Kier alpha value is -4.11. The van der Waals surface area contributed by atoms with Gasteiger partial charge in [-0.15, -0.1) is 0 Å². The Morgan fingerprint density at radius 1 is 0.421 bits per heavy atom. The van der Waals surface area contributed by atoms with E-state index in [1.165, 1.54) is 57.8 Å². The van der Waals surface area contributed by atoms with E-state index >= 15 is 0 Å². The lowest BCUT2D eigenvalue weighted by Crippen LogP contribution is -2.37. The smallest absolute Gasteiger partial charge is 0.306 e. The largest absolute Gasteiger partial charge is 0.756 e. The Morgan fingerprint density at radius 3 is 1.14 bits per heavy atom. The molecule has 0 aromatic rings. The molecule has 9 nitrogen and oxygen atoms in total. The highest BCUT2D eigenvalue weighted by molar-refractivity contribution is 7.45. The van der Waals surface area contributed by atoms with Crippen molar-refractivity contribution in [1.82, 2.24) is 0 Å². The van der Waals surface area contributed by atoms with Gasteiger partial charge in [-0.3, -0.25) is 14.2 Å². The number of nitrogens with zero attached hydrogens (tertiary/aromatic N) is 1. The van der Waals surface area contributed by atoms with E-state index in [0.29, 0.717) is 23.9 Å². The topological polar surface area (TPSA) is 111 Å². The fraction of sp³-hybridized carbons (Fsp3) is 0.606. The first kappa shape index (κ1) is 71.9. The molecule has 0 bridgehead atoms. The highest BCUT2D eigenvalue weighted by Gasteiger charge is 2.21. The molecule has 0 heterocycles. The molecule has 0 aromatic heterocycles. The van der Waals surface area contributed by atoms with Gasteiger partial charge in [-0.25, -0.2) is 0 Å². The minimum atomic E-state index is -4.66. The Morgan fingerprint density at radius 2 is 0.750 bits per heavy atom. The van der Waals surface area contributed by atoms with Gasteiger partial charge < -0.3 is 27.9 Å². The number of ether oxygens (including phenoxy) is 2. The summed E-state index contributed by atoms with van der Waals surface area (Å²) in [5, 5.41) is 0. The van der Waals surface area contributed by atoms with Crippen molar-refractivity contribution in [3.63, 3.8) is 0 Å². The van der Waals surface area contributed by atoms with Gasteiger partial charge in [0.15, 0.2) is 6.10 Å². The average molecular weight is 1070 g/mol. The number of carbonyl (C=O) groups excluding carboxylic acids is 2. The molecule has 0 fully saturated rings. The molecule has 2 unspecified atom stereocenters. The van der Waals surface area contributed by atoms with Crippen LogP contribution in [-0.4, -0.2) is 70.0 Å². The lowest BCUT2D eigenvalue weighted by molar-refractivity contribution is -0.870. The van der Waals surface area contributed by atoms with E-state index in [1.807, 2.05) is 21.1 Å². The van der Waals surface area contributed by atoms with Crippen LogP contribution in [0.5, 0.6) is 0 Å². The quantitative estimate of drug-likeness (QED) is 0.0195. The first-order chi connectivity index (χ1) is 37.0. The van der Waals surface area contributed by atoms with Gasteiger partial charge in [-0.1, -0.05) is 217 Å². The van der Waals surface area contributed by atoms with Crippen LogP contribution in [0.15, 0.2) is 146 Å². The first-order valence-corrected chi connectivity index (χ1v) is 31.0. The number of quaternary nitrogens is 1. The number of likely N-dealkylation sites (N-methyl/N-ethyl adjacent to an activating group) is 1. The number of rotatable bonds is 52. The summed E-state index contributed by atoms with van der Waals surface area (Å²) in [7, 11) is 1.11. The number of phosphoric ester groups is 1. The van der Waals surface area contributed by atoms with Crippen molar-refractivity contribution >= 4 is 19.8 Å². The van der Waals surface area contributed by atoms with Crippen LogP contribution in [-0.2, 0) is 32.7 Å². The van der Waals surface area contributed by atoms with Gasteiger partial charge in [0.05, 0.1) is 27.7 Å². The van der Waals surface area contributed by atoms with Crippen molar-refractivity contribution in [3.8, 4) is 0 Å². The van der Waals surface area contributed by atoms with Gasteiger partial charge in [0.2, 0.25) is 0 Å². The Balaban J connectivity index is 4.31. The summed E-state index contributed by atoms with van der Waals surface area (Å²) in [6.45, 7) is 4.02. The molecule has 76 heavy (non-hydrogen) atoms. The summed E-state index contributed by atoms with van der Waals surface area (Å²) in [4.78, 5) is 37.9. The number of hydrogen-bond acceptors (Lipinski definition) is 8. The van der Waals surface area contributed by atoms with E-state index in [2.05, 4.69) is 160 Å². The molecule has 2 atom stereocenters. The van der Waals surface area contributed by atoms with Gasteiger partial charge in [-0.05, 0) is 122 Å². The average Bonchev–Trinajstić information content (AvgIpc) is 3.38. The summed E-state index contributed by atoms with van der Waals surface area (Å²) in [5.74, 6) is -0.901. The van der Waals surface area contributed by atoms with Gasteiger partial charge in [0, 0.05) is 12.8 Å². The molecule has 0 saturated carbocycles. The van der Waals surface area contributed by atoms with Gasteiger partial charge in [-0.2, -0.15) is 0 Å². The molecule has 0 spiro atoms. The predicted octanol–water partition coefficient (Wildman–Crippen LogP) is 18.1. The fourth-order valence-electron chi connectivity index (χ4n) is 7.30. The van der Waals surface area contributed by atoms with Crippen molar-refractivity contribution in [3.05, 3.63) is 146 Å². The van der Waals surface area contributed by atoms with Gasteiger partial charge >= 0.3 is 11.9 Å².